The average Bonchev–Trinajstić information content (AvgIpc) is 3.08. The first-order valence-corrected chi connectivity index (χ1v) is 17.4. The van der Waals surface area contributed by atoms with E-state index >= 15 is 4.39 Å². The number of Topliss-reactive ketones (excluding diaryl/α,β-unsaturated/α-hetero) is 2. The Balaban J connectivity index is 1.37. The molecule has 3 aliphatic carbocycles. The lowest BCUT2D eigenvalue weighted by molar-refractivity contribution is -0.153. The number of carbonyl (C=O) groups excluding carboxylic acids is 5. The summed E-state index contributed by atoms with van der Waals surface area (Å²) in [4.78, 5) is 66.5. The van der Waals surface area contributed by atoms with Crippen LogP contribution in [-0.4, -0.2) is 98.8 Å². The molecule has 1 fully saturated rings. The minimum atomic E-state index is -2.83. The number of anilines is 1. The Hall–Kier alpha value is -5.48. The zero-order chi connectivity index (χ0) is 39.9. The molecule has 5 rings (SSSR count). The Morgan fingerprint density at radius 3 is 2.39 bits per heavy atom. The SMILES string of the molecule is CN(C)[C@@H]1C(=O)C(C(N)=O)=C(O)[C@@]2(O)C(=O)C3=C(O)c4c(O)c(NCCC[C@H](NC(=O)OC(C)(C)C)C(=O)OCc5ccccc5)cc(F)c4C[C@H]3C[C@@H]12. The third-order valence-electron chi connectivity index (χ3n) is 9.85. The molecule has 0 spiro atoms. The maximum Gasteiger partial charge on any atom is 0.408 e. The van der Waals surface area contributed by atoms with E-state index in [1.165, 1.54) is 19.0 Å². The zero-order valence-electron chi connectivity index (χ0n) is 30.6. The van der Waals surface area contributed by atoms with Crippen molar-refractivity contribution in [1.29, 1.82) is 0 Å². The number of aromatic hydroxyl groups is 1. The van der Waals surface area contributed by atoms with Gasteiger partial charge in [-0.25, -0.2) is 14.0 Å². The molecule has 0 aliphatic heterocycles. The minimum absolute atomic E-state index is 0.0269. The molecule has 16 heteroatoms. The standard InChI is InChI=1S/C38H45FN4O11/c1-37(2,3)54-36(51)42-23(35(50)53-17-18-10-7-6-8-11-18)12-9-13-41-24-16-22(39)20-14-19-15-21-28(43(4)5)31(46)27(34(40)49)33(48)38(21,52)32(47)25(19)30(45)26(20)29(24)44/h6-8,10-11,16,19,21,23,28,41,44-45,48,52H,9,12-15,17H2,1-5H3,(H2,40,49)(H,42,51)/t19-,21-,23-,28-,38-/m0/s1. The zero-order valence-corrected chi connectivity index (χ0v) is 30.6. The van der Waals surface area contributed by atoms with Gasteiger partial charge in [-0.2, -0.15) is 0 Å². The lowest BCUT2D eigenvalue weighted by Crippen LogP contribution is -2.65. The molecule has 0 bridgehead atoms. The number of nitrogens with one attached hydrogen (secondary N) is 2. The highest BCUT2D eigenvalue weighted by atomic mass is 19.1. The molecule has 0 radical (unpaired) electrons. The Morgan fingerprint density at radius 1 is 1.11 bits per heavy atom. The Kier molecular flexibility index (Phi) is 11.1. The number of nitrogens with zero attached hydrogens (tertiary/aromatic N) is 1. The number of carbonyl (C=O) groups is 5. The summed E-state index contributed by atoms with van der Waals surface area (Å²) >= 11 is 0. The van der Waals surface area contributed by atoms with E-state index in [9.17, 15) is 44.4 Å². The largest absolute Gasteiger partial charge is 0.508 e. The number of aliphatic hydroxyl groups is 3. The summed E-state index contributed by atoms with van der Waals surface area (Å²) in [5, 5.41) is 51.0. The molecule has 1 saturated carbocycles. The molecule has 2 aromatic carbocycles. The van der Waals surface area contributed by atoms with Gasteiger partial charge in [-0.15, -0.1) is 0 Å². The van der Waals surface area contributed by atoms with Gasteiger partial charge in [-0.1, -0.05) is 30.3 Å². The smallest absolute Gasteiger partial charge is 0.408 e. The molecule has 2 amide bonds. The number of likely N-dealkylation sites (N-methyl/N-ethyl adjacent to an activating group) is 1. The van der Waals surface area contributed by atoms with Gasteiger partial charge in [0.25, 0.3) is 5.91 Å². The van der Waals surface area contributed by atoms with Crippen LogP contribution < -0.4 is 16.4 Å². The molecule has 3 aliphatic rings. The molecule has 15 nitrogen and oxygen atoms in total. The molecule has 0 aromatic heterocycles. The number of aliphatic hydroxyl groups excluding tert-OH is 2. The van der Waals surface area contributed by atoms with Crippen molar-refractivity contribution in [2.24, 2.45) is 17.6 Å². The summed E-state index contributed by atoms with van der Waals surface area (Å²) in [5.41, 5.74) is 0.363. The van der Waals surface area contributed by atoms with Gasteiger partial charge in [0.15, 0.2) is 11.4 Å². The molecule has 2 aromatic rings. The fourth-order valence-corrected chi connectivity index (χ4v) is 7.46. The van der Waals surface area contributed by atoms with Crippen LogP contribution in [-0.2, 0) is 41.7 Å². The molecule has 54 heavy (non-hydrogen) atoms. The number of fused-ring (bicyclic) bond motifs is 3. The molecule has 5 atom stereocenters. The molecule has 8 N–H and O–H groups in total. The number of primary amides is 1. The number of esters is 1. The van der Waals surface area contributed by atoms with Gasteiger partial charge in [0.05, 0.1) is 17.3 Å². The number of ether oxygens (including phenoxy) is 2. The number of halogens is 1. The van der Waals surface area contributed by atoms with E-state index in [-0.39, 0.29) is 50.1 Å². The summed E-state index contributed by atoms with van der Waals surface area (Å²) in [6.07, 6.45) is -1.01. The quantitative estimate of drug-likeness (QED) is 0.0758. The van der Waals surface area contributed by atoms with Crippen LogP contribution in [0.3, 0.4) is 0 Å². The number of alkyl carbamates (subject to hydrolysis) is 1. The second-order valence-electron chi connectivity index (χ2n) is 14.9. The number of hydrogen-bond donors (Lipinski definition) is 7. The summed E-state index contributed by atoms with van der Waals surface area (Å²) in [6, 6.07) is 7.55. The molecule has 290 valence electrons. The average molecular weight is 753 g/mol. The van der Waals surface area contributed by atoms with Crippen molar-refractivity contribution in [2.45, 2.75) is 76.3 Å². The maximum absolute atomic E-state index is 15.8. The van der Waals surface area contributed by atoms with Gasteiger partial charge in [-0.05, 0) is 72.0 Å². The lowest BCUT2D eigenvalue weighted by Gasteiger charge is -2.50. The summed E-state index contributed by atoms with van der Waals surface area (Å²) in [7, 11) is 2.96. The van der Waals surface area contributed by atoms with Crippen molar-refractivity contribution in [3.05, 3.63) is 75.8 Å². The third-order valence-corrected chi connectivity index (χ3v) is 9.85. The summed E-state index contributed by atoms with van der Waals surface area (Å²) in [6.45, 7) is 4.99. The molecule has 0 heterocycles. The summed E-state index contributed by atoms with van der Waals surface area (Å²) < 4.78 is 26.5. The molecular formula is C38H45FN4O11. The van der Waals surface area contributed by atoms with Crippen LogP contribution in [0.25, 0.3) is 5.76 Å². The van der Waals surface area contributed by atoms with Crippen LogP contribution >= 0.6 is 0 Å². The maximum atomic E-state index is 15.8. The van der Waals surface area contributed by atoms with E-state index in [0.717, 1.165) is 11.6 Å². The van der Waals surface area contributed by atoms with Gasteiger partial charge in [0.2, 0.25) is 5.78 Å². The van der Waals surface area contributed by atoms with Gasteiger partial charge in [0, 0.05) is 29.7 Å². The fraction of sp³-hybridized carbons (Fsp3) is 0.447. The van der Waals surface area contributed by atoms with E-state index in [1.807, 2.05) is 6.07 Å². The molecular weight excluding hydrogens is 707 g/mol. The predicted molar refractivity (Wildman–Crippen MR) is 191 cm³/mol. The number of nitrogens with two attached hydrogens (primary N) is 1. The lowest BCUT2D eigenvalue weighted by atomic mass is 9.57. The molecule has 0 unspecified atom stereocenters. The van der Waals surface area contributed by atoms with E-state index in [0.29, 0.717) is 0 Å². The Morgan fingerprint density at radius 2 is 1.78 bits per heavy atom. The van der Waals surface area contributed by atoms with Crippen molar-refractivity contribution in [2.75, 3.05) is 26.0 Å². The van der Waals surface area contributed by atoms with E-state index in [4.69, 9.17) is 15.2 Å². The normalized spacial score (nSPS) is 22.9. The highest BCUT2D eigenvalue weighted by Gasteiger charge is 2.64. The topological polar surface area (TPSA) is 238 Å². The van der Waals surface area contributed by atoms with Crippen molar-refractivity contribution < 1.29 is 58.3 Å². The second kappa shape index (κ2) is 15.1. The van der Waals surface area contributed by atoms with Crippen LogP contribution in [0.4, 0.5) is 14.9 Å². The van der Waals surface area contributed by atoms with Crippen molar-refractivity contribution in [1.82, 2.24) is 10.2 Å². The van der Waals surface area contributed by atoms with Gasteiger partial charge in [-0.3, -0.25) is 19.3 Å². The minimum Gasteiger partial charge on any atom is -0.508 e. The Labute approximate surface area is 310 Å². The number of hydrogen-bond acceptors (Lipinski definition) is 13. The number of amides is 2. The Bertz CT molecular complexity index is 1940. The van der Waals surface area contributed by atoms with Crippen LogP contribution in [0, 0.1) is 17.7 Å². The highest BCUT2D eigenvalue weighted by Crippen LogP contribution is 2.53. The number of rotatable bonds is 11. The van der Waals surface area contributed by atoms with Crippen LogP contribution in [0.2, 0.25) is 0 Å². The monoisotopic (exact) mass is 752 g/mol. The summed E-state index contributed by atoms with van der Waals surface area (Å²) in [5.74, 6) is -9.94. The first kappa shape index (κ1) is 39.7. The van der Waals surface area contributed by atoms with Crippen molar-refractivity contribution in [3.8, 4) is 5.75 Å². The number of ketones is 2. The second-order valence-corrected chi connectivity index (χ2v) is 14.9. The first-order chi connectivity index (χ1) is 25.3. The van der Waals surface area contributed by atoms with E-state index in [2.05, 4.69) is 10.6 Å². The third kappa shape index (κ3) is 7.48. The van der Waals surface area contributed by atoms with Gasteiger partial charge in [0.1, 0.15) is 46.9 Å². The molecule has 0 saturated heterocycles. The predicted octanol–water partition coefficient (Wildman–Crippen LogP) is 2.93. The van der Waals surface area contributed by atoms with Crippen molar-refractivity contribution >= 4 is 41.0 Å². The van der Waals surface area contributed by atoms with E-state index < -0.39 is 104 Å². The van der Waals surface area contributed by atoms with Crippen LogP contribution in [0.5, 0.6) is 5.75 Å². The number of phenolic OH excluding ortho intramolecular Hbond substituents is 1. The number of benzene rings is 2. The van der Waals surface area contributed by atoms with Gasteiger partial charge >= 0.3 is 12.1 Å². The highest BCUT2D eigenvalue weighted by molar-refractivity contribution is 6.24. The first-order valence-electron chi connectivity index (χ1n) is 17.4. The van der Waals surface area contributed by atoms with E-state index in [1.54, 1.807) is 45.0 Å². The van der Waals surface area contributed by atoms with Gasteiger partial charge < -0.3 is 46.3 Å². The fourth-order valence-electron chi connectivity index (χ4n) is 7.46. The van der Waals surface area contributed by atoms with Crippen LogP contribution in [0.1, 0.15) is 56.7 Å². The van der Waals surface area contributed by atoms with Crippen molar-refractivity contribution in [3.63, 3.8) is 0 Å². The number of phenols is 1. The van der Waals surface area contributed by atoms with Crippen LogP contribution in [0.15, 0.2) is 53.3 Å².